The third-order valence-electron chi connectivity index (χ3n) is 2.20. The van der Waals surface area contributed by atoms with Gasteiger partial charge in [0.2, 0.25) is 0 Å². The SMILES string of the molecule is CC(C)N(CCC(=O)O)C(=O)NCCS(C)(=O)=O. The van der Waals surface area contributed by atoms with Gasteiger partial charge >= 0.3 is 12.0 Å². The molecule has 2 amide bonds. The highest BCUT2D eigenvalue weighted by Crippen LogP contribution is 2.00. The van der Waals surface area contributed by atoms with Gasteiger partial charge in [0, 0.05) is 25.4 Å². The molecule has 0 spiro atoms. The largest absolute Gasteiger partial charge is 0.481 e. The van der Waals surface area contributed by atoms with Crippen molar-refractivity contribution in [3.05, 3.63) is 0 Å². The van der Waals surface area contributed by atoms with Crippen LogP contribution >= 0.6 is 0 Å². The molecule has 2 N–H and O–H groups in total. The van der Waals surface area contributed by atoms with Crippen LogP contribution in [0.5, 0.6) is 0 Å². The number of sulfone groups is 1. The molecule has 106 valence electrons. The van der Waals surface area contributed by atoms with Crippen molar-refractivity contribution in [3.63, 3.8) is 0 Å². The molecule has 0 rings (SSSR count). The van der Waals surface area contributed by atoms with Crippen LogP contribution in [0.1, 0.15) is 20.3 Å². The lowest BCUT2D eigenvalue weighted by Gasteiger charge is -2.26. The van der Waals surface area contributed by atoms with Crippen LogP contribution in [0.4, 0.5) is 4.79 Å². The zero-order valence-corrected chi connectivity index (χ0v) is 11.7. The topological polar surface area (TPSA) is 104 Å². The van der Waals surface area contributed by atoms with Crippen molar-refractivity contribution in [1.82, 2.24) is 10.2 Å². The number of hydrogen-bond acceptors (Lipinski definition) is 4. The summed E-state index contributed by atoms with van der Waals surface area (Å²) in [6.07, 6.45) is 0.946. The van der Waals surface area contributed by atoms with E-state index >= 15 is 0 Å². The lowest BCUT2D eigenvalue weighted by molar-refractivity contribution is -0.137. The number of nitrogens with one attached hydrogen (secondary N) is 1. The van der Waals surface area contributed by atoms with E-state index in [1.54, 1.807) is 13.8 Å². The van der Waals surface area contributed by atoms with E-state index in [9.17, 15) is 18.0 Å². The number of aliphatic carboxylic acids is 1. The molecule has 0 aromatic rings. The minimum atomic E-state index is -3.12. The van der Waals surface area contributed by atoms with Gasteiger partial charge in [-0.05, 0) is 13.8 Å². The maximum absolute atomic E-state index is 11.7. The molecule has 7 nitrogen and oxygen atoms in total. The second kappa shape index (κ2) is 7.20. The lowest BCUT2D eigenvalue weighted by Crippen LogP contribution is -2.46. The summed E-state index contributed by atoms with van der Waals surface area (Å²) in [7, 11) is -3.12. The van der Waals surface area contributed by atoms with Crippen molar-refractivity contribution in [1.29, 1.82) is 0 Å². The number of nitrogens with zero attached hydrogens (tertiary/aromatic N) is 1. The van der Waals surface area contributed by atoms with Crippen LogP contribution in [0, 0.1) is 0 Å². The molecule has 0 unspecified atom stereocenters. The van der Waals surface area contributed by atoms with Crippen LogP contribution in [-0.4, -0.2) is 61.6 Å². The number of rotatable bonds is 7. The molecule has 0 aliphatic rings. The number of carboxylic acid groups (broad SMARTS) is 1. The molecule has 8 heteroatoms. The van der Waals surface area contributed by atoms with Gasteiger partial charge in [0.1, 0.15) is 9.84 Å². The fourth-order valence-electron chi connectivity index (χ4n) is 1.26. The van der Waals surface area contributed by atoms with E-state index in [1.165, 1.54) is 4.90 Å². The molecular formula is C10H20N2O5S. The summed E-state index contributed by atoms with van der Waals surface area (Å²) >= 11 is 0. The molecule has 0 saturated heterocycles. The highest BCUT2D eigenvalue weighted by molar-refractivity contribution is 7.90. The van der Waals surface area contributed by atoms with Gasteiger partial charge in [-0.2, -0.15) is 0 Å². The predicted octanol–water partition coefficient (Wildman–Crippen LogP) is -0.0743. The van der Waals surface area contributed by atoms with Crippen molar-refractivity contribution < 1.29 is 23.1 Å². The molecule has 0 radical (unpaired) electrons. The highest BCUT2D eigenvalue weighted by Gasteiger charge is 2.17. The average molecular weight is 280 g/mol. The first kappa shape index (κ1) is 16.7. The molecule has 0 bridgehead atoms. The highest BCUT2D eigenvalue weighted by atomic mass is 32.2. The number of hydrogen-bond donors (Lipinski definition) is 2. The Kier molecular flexibility index (Phi) is 6.67. The summed E-state index contributed by atoms with van der Waals surface area (Å²) in [5, 5.41) is 11.0. The Morgan fingerprint density at radius 1 is 1.33 bits per heavy atom. The zero-order chi connectivity index (χ0) is 14.3. The van der Waals surface area contributed by atoms with Gasteiger partial charge in [-0.15, -0.1) is 0 Å². The molecule has 0 aromatic heterocycles. The van der Waals surface area contributed by atoms with Gasteiger partial charge in [0.25, 0.3) is 0 Å². The monoisotopic (exact) mass is 280 g/mol. The number of amides is 2. The summed E-state index contributed by atoms with van der Waals surface area (Å²) in [5.41, 5.74) is 0. The van der Waals surface area contributed by atoms with Crippen molar-refractivity contribution in [2.24, 2.45) is 0 Å². The molecule has 0 saturated carbocycles. The average Bonchev–Trinajstić information content (AvgIpc) is 2.14. The van der Waals surface area contributed by atoms with Gasteiger partial charge in [0.05, 0.1) is 12.2 Å². The molecule has 0 fully saturated rings. The fourth-order valence-corrected chi connectivity index (χ4v) is 1.73. The van der Waals surface area contributed by atoms with Gasteiger partial charge in [-0.3, -0.25) is 4.79 Å². The first-order valence-corrected chi connectivity index (χ1v) is 7.63. The van der Waals surface area contributed by atoms with Crippen LogP contribution in [0.15, 0.2) is 0 Å². The Morgan fingerprint density at radius 3 is 2.28 bits per heavy atom. The van der Waals surface area contributed by atoms with Crippen LogP contribution in [-0.2, 0) is 14.6 Å². The maximum atomic E-state index is 11.7. The van der Waals surface area contributed by atoms with Crippen LogP contribution in [0.2, 0.25) is 0 Å². The van der Waals surface area contributed by atoms with Crippen LogP contribution in [0.3, 0.4) is 0 Å². The van der Waals surface area contributed by atoms with Crippen LogP contribution in [0.25, 0.3) is 0 Å². The molecule has 0 aliphatic carbocycles. The molecule has 18 heavy (non-hydrogen) atoms. The zero-order valence-electron chi connectivity index (χ0n) is 10.8. The van der Waals surface area contributed by atoms with E-state index in [0.29, 0.717) is 0 Å². The summed E-state index contributed by atoms with van der Waals surface area (Å²) in [6, 6.07) is -0.600. The second-order valence-electron chi connectivity index (χ2n) is 4.29. The quantitative estimate of drug-likeness (QED) is 0.679. The number of carboxylic acids is 1. The summed E-state index contributed by atoms with van der Waals surface area (Å²) in [4.78, 5) is 23.5. The van der Waals surface area contributed by atoms with Gasteiger partial charge in [0.15, 0.2) is 0 Å². The number of carbonyl (C=O) groups is 2. The molecule has 0 aromatic carbocycles. The standard InChI is InChI=1S/C10H20N2O5S/c1-8(2)12(6-4-9(13)14)10(15)11-5-7-18(3,16)17/h8H,4-7H2,1-3H3,(H,11,15)(H,13,14). The Morgan fingerprint density at radius 2 is 1.89 bits per heavy atom. The van der Waals surface area contributed by atoms with Crippen molar-refractivity contribution in [2.75, 3.05) is 25.1 Å². The Bertz CT molecular complexity index is 391. The van der Waals surface area contributed by atoms with Crippen molar-refractivity contribution >= 4 is 21.8 Å². The first-order valence-electron chi connectivity index (χ1n) is 5.57. The fraction of sp³-hybridized carbons (Fsp3) is 0.800. The van der Waals surface area contributed by atoms with E-state index in [1.807, 2.05) is 0 Å². The van der Waals surface area contributed by atoms with Crippen LogP contribution < -0.4 is 5.32 Å². The third kappa shape index (κ3) is 7.88. The third-order valence-corrected chi connectivity index (χ3v) is 3.15. The van der Waals surface area contributed by atoms with Crippen molar-refractivity contribution in [3.8, 4) is 0 Å². The van der Waals surface area contributed by atoms with Gasteiger partial charge in [-0.25, -0.2) is 13.2 Å². The van der Waals surface area contributed by atoms with E-state index < -0.39 is 21.8 Å². The Labute approximate surface area is 107 Å². The van der Waals surface area contributed by atoms with E-state index in [-0.39, 0.29) is 31.3 Å². The predicted molar refractivity (Wildman–Crippen MR) is 67.2 cm³/mol. The molecule has 0 atom stereocenters. The van der Waals surface area contributed by atoms with Gasteiger partial charge in [-0.1, -0.05) is 0 Å². The maximum Gasteiger partial charge on any atom is 0.317 e. The smallest absolute Gasteiger partial charge is 0.317 e. The number of carbonyl (C=O) groups excluding carboxylic acids is 1. The molecule has 0 heterocycles. The molecular weight excluding hydrogens is 260 g/mol. The minimum Gasteiger partial charge on any atom is -0.481 e. The Hall–Kier alpha value is -1.31. The molecule has 0 aliphatic heterocycles. The normalized spacial score (nSPS) is 11.3. The first-order chi connectivity index (χ1) is 8.13. The minimum absolute atomic E-state index is 0.0218. The second-order valence-corrected chi connectivity index (χ2v) is 6.55. The van der Waals surface area contributed by atoms with E-state index in [2.05, 4.69) is 5.32 Å². The number of urea groups is 1. The summed E-state index contributed by atoms with van der Waals surface area (Å²) < 4.78 is 21.8. The van der Waals surface area contributed by atoms with E-state index in [0.717, 1.165) is 6.26 Å². The summed E-state index contributed by atoms with van der Waals surface area (Å²) in [5.74, 6) is -1.12. The van der Waals surface area contributed by atoms with Crippen molar-refractivity contribution in [2.45, 2.75) is 26.3 Å². The Balaban J connectivity index is 4.27. The van der Waals surface area contributed by atoms with Gasteiger partial charge < -0.3 is 15.3 Å². The summed E-state index contributed by atoms with van der Waals surface area (Å²) in [6.45, 7) is 3.64. The lowest BCUT2D eigenvalue weighted by atomic mass is 10.3. The van der Waals surface area contributed by atoms with E-state index in [4.69, 9.17) is 5.11 Å².